The van der Waals surface area contributed by atoms with Crippen LogP contribution in [0.2, 0.25) is 0 Å². The largest absolute Gasteiger partial charge is 0.416 e. The van der Waals surface area contributed by atoms with Gasteiger partial charge in [-0.3, -0.25) is 0 Å². The lowest BCUT2D eigenvalue weighted by Gasteiger charge is -2.10. The first-order valence-electron chi connectivity index (χ1n) is 6.60. The molecule has 0 N–H and O–H groups in total. The predicted octanol–water partition coefficient (Wildman–Crippen LogP) is 4.09. The molecule has 3 aromatic rings. The van der Waals surface area contributed by atoms with Gasteiger partial charge < -0.3 is 9.30 Å². The summed E-state index contributed by atoms with van der Waals surface area (Å²) in [7, 11) is 1.62. The maximum Gasteiger partial charge on any atom is 0.345 e. The van der Waals surface area contributed by atoms with Crippen LogP contribution < -0.4 is 4.74 Å². The van der Waals surface area contributed by atoms with Crippen molar-refractivity contribution in [2.24, 2.45) is 7.05 Å². The summed E-state index contributed by atoms with van der Waals surface area (Å²) in [5, 5.41) is 0.643. The van der Waals surface area contributed by atoms with Crippen LogP contribution in [0.25, 0.3) is 10.9 Å². The lowest BCUT2D eigenvalue weighted by Crippen LogP contribution is -2.14. The maximum atomic E-state index is 13.6. The van der Waals surface area contributed by atoms with E-state index in [4.69, 9.17) is 0 Å². The fraction of sp³-hybridized carbons (Fsp3) is 0.0625. The van der Waals surface area contributed by atoms with Crippen LogP contribution in [0.15, 0.2) is 30.5 Å². The average molecular weight is 341 g/mol. The Morgan fingerprint density at radius 2 is 1.50 bits per heavy atom. The number of nitrogens with zero attached hydrogens (tertiary/aromatic N) is 1. The Hall–Kier alpha value is -2.90. The summed E-state index contributed by atoms with van der Waals surface area (Å²) >= 11 is 0. The highest BCUT2D eigenvalue weighted by Crippen LogP contribution is 2.30. The molecule has 2 aromatic carbocycles. The topological polar surface area (TPSA) is 31.2 Å². The molecule has 8 heteroatoms. The van der Waals surface area contributed by atoms with E-state index in [1.54, 1.807) is 29.9 Å². The fourth-order valence-corrected chi connectivity index (χ4v) is 2.34. The van der Waals surface area contributed by atoms with E-state index < -0.39 is 40.8 Å². The van der Waals surface area contributed by atoms with Crippen molar-refractivity contribution >= 4 is 16.9 Å². The summed E-state index contributed by atoms with van der Waals surface area (Å²) in [6, 6.07) is 6.18. The Labute approximate surface area is 131 Å². The zero-order valence-electron chi connectivity index (χ0n) is 12.0. The molecule has 0 radical (unpaired) electrons. The Morgan fingerprint density at radius 3 is 2.12 bits per heavy atom. The minimum Gasteiger partial charge on any atom is -0.416 e. The van der Waals surface area contributed by atoms with Crippen molar-refractivity contribution in [2.45, 2.75) is 0 Å². The molecular formula is C16H8F5NO2. The third-order valence-electron chi connectivity index (χ3n) is 3.48. The second-order valence-corrected chi connectivity index (χ2v) is 4.96. The van der Waals surface area contributed by atoms with Gasteiger partial charge in [0, 0.05) is 18.6 Å². The zero-order chi connectivity index (χ0) is 17.6. The Kier molecular flexibility index (Phi) is 3.75. The SMILES string of the molecule is Cn1ccc2cccc(C(=O)Oc3c(F)c(F)c(F)c(F)c3F)c21. The molecule has 1 aromatic heterocycles. The van der Waals surface area contributed by atoms with Gasteiger partial charge in [-0.2, -0.15) is 8.78 Å². The van der Waals surface area contributed by atoms with Crippen molar-refractivity contribution in [2.75, 3.05) is 0 Å². The van der Waals surface area contributed by atoms with Crippen molar-refractivity contribution in [1.82, 2.24) is 4.57 Å². The molecule has 0 aliphatic rings. The van der Waals surface area contributed by atoms with Gasteiger partial charge in [-0.05, 0) is 12.1 Å². The second kappa shape index (κ2) is 5.63. The molecule has 0 unspecified atom stereocenters. The number of carbonyl (C=O) groups excluding carboxylic acids is 1. The van der Waals surface area contributed by atoms with Gasteiger partial charge in [-0.1, -0.05) is 12.1 Å². The van der Waals surface area contributed by atoms with Crippen LogP contribution in [0, 0.1) is 29.1 Å². The monoisotopic (exact) mass is 341 g/mol. The molecule has 0 saturated heterocycles. The van der Waals surface area contributed by atoms with E-state index in [-0.39, 0.29) is 5.56 Å². The summed E-state index contributed by atoms with van der Waals surface area (Å²) in [5.74, 6) is -14.0. The van der Waals surface area contributed by atoms with E-state index >= 15 is 0 Å². The lowest BCUT2D eigenvalue weighted by molar-refractivity contribution is 0.0717. The van der Waals surface area contributed by atoms with Crippen LogP contribution >= 0.6 is 0 Å². The molecule has 24 heavy (non-hydrogen) atoms. The van der Waals surface area contributed by atoms with Gasteiger partial charge >= 0.3 is 5.97 Å². The maximum absolute atomic E-state index is 13.6. The smallest absolute Gasteiger partial charge is 0.345 e. The highest BCUT2D eigenvalue weighted by molar-refractivity contribution is 6.04. The first kappa shape index (κ1) is 16.0. The number of rotatable bonds is 2. The molecule has 0 amide bonds. The summed E-state index contributed by atoms with van der Waals surface area (Å²) in [6.45, 7) is 0. The number of para-hydroxylation sites is 1. The minimum absolute atomic E-state index is 0.0797. The van der Waals surface area contributed by atoms with Crippen LogP contribution in [0.5, 0.6) is 5.75 Å². The van der Waals surface area contributed by atoms with Gasteiger partial charge in [0.25, 0.3) is 0 Å². The lowest BCUT2D eigenvalue weighted by atomic mass is 10.1. The third kappa shape index (κ3) is 2.31. The highest BCUT2D eigenvalue weighted by Gasteiger charge is 2.29. The number of ether oxygens (including phenoxy) is 1. The molecule has 0 atom stereocenters. The average Bonchev–Trinajstić information content (AvgIpc) is 2.96. The van der Waals surface area contributed by atoms with Crippen LogP contribution in [-0.2, 0) is 7.05 Å². The van der Waals surface area contributed by atoms with E-state index in [2.05, 4.69) is 4.74 Å². The number of fused-ring (bicyclic) bond motifs is 1. The molecule has 3 nitrogen and oxygen atoms in total. The van der Waals surface area contributed by atoms with Crippen LogP contribution in [0.4, 0.5) is 22.0 Å². The van der Waals surface area contributed by atoms with Crippen LogP contribution in [0.3, 0.4) is 0 Å². The number of halogens is 5. The summed E-state index contributed by atoms with van der Waals surface area (Å²) in [6.07, 6.45) is 1.64. The van der Waals surface area contributed by atoms with E-state index in [0.29, 0.717) is 10.9 Å². The predicted molar refractivity (Wildman–Crippen MR) is 74.1 cm³/mol. The van der Waals surface area contributed by atoms with Crippen LogP contribution in [0.1, 0.15) is 10.4 Å². The number of benzene rings is 2. The van der Waals surface area contributed by atoms with Gasteiger partial charge in [-0.15, -0.1) is 0 Å². The van der Waals surface area contributed by atoms with Gasteiger partial charge in [-0.25, -0.2) is 18.0 Å². The number of hydrogen-bond acceptors (Lipinski definition) is 2. The van der Waals surface area contributed by atoms with Crippen molar-refractivity contribution in [3.8, 4) is 5.75 Å². The third-order valence-corrected chi connectivity index (χ3v) is 3.48. The molecule has 0 bridgehead atoms. The molecule has 124 valence electrons. The van der Waals surface area contributed by atoms with E-state index in [9.17, 15) is 26.7 Å². The number of carbonyl (C=O) groups is 1. The Balaban J connectivity index is 2.09. The number of hydrogen-bond donors (Lipinski definition) is 0. The molecule has 0 saturated carbocycles. The molecule has 0 aliphatic heterocycles. The zero-order valence-corrected chi connectivity index (χ0v) is 12.0. The molecule has 1 heterocycles. The van der Waals surface area contributed by atoms with Crippen molar-refractivity contribution in [1.29, 1.82) is 0 Å². The van der Waals surface area contributed by atoms with Gasteiger partial charge in [0.05, 0.1) is 11.1 Å². The van der Waals surface area contributed by atoms with Gasteiger partial charge in [0.2, 0.25) is 34.8 Å². The number of esters is 1. The van der Waals surface area contributed by atoms with E-state index in [1.807, 2.05) is 0 Å². The first-order chi connectivity index (χ1) is 11.3. The first-order valence-corrected chi connectivity index (χ1v) is 6.60. The molecular weight excluding hydrogens is 333 g/mol. The number of aryl methyl sites for hydroxylation is 1. The van der Waals surface area contributed by atoms with Crippen molar-refractivity contribution < 1.29 is 31.5 Å². The van der Waals surface area contributed by atoms with Crippen molar-refractivity contribution in [3.63, 3.8) is 0 Å². The second-order valence-electron chi connectivity index (χ2n) is 4.96. The normalized spacial score (nSPS) is 11.1. The molecule has 0 fully saturated rings. The minimum atomic E-state index is -2.32. The molecule has 0 aliphatic carbocycles. The standard InChI is InChI=1S/C16H8F5NO2/c1-22-6-5-7-3-2-4-8(14(7)22)16(23)24-15-12(20)10(18)9(17)11(19)13(15)21/h2-6H,1H3. The Bertz CT molecular complexity index is 951. The quantitative estimate of drug-likeness (QED) is 0.231. The molecule has 3 rings (SSSR count). The highest BCUT2D eigenvalue weighted by atomic mass is 19.2. The van der Waals surface area contributed by atoms with E-state index in [1.165, 1.54) is 12.1 Å². The molecule has 0 spiro atoms. The number of aromatic nitrogens is 1. The summed E-state index contributed by atoms with van der Waals surface area (Å²) in [4.78, 5) is 12.2. The van der Waals surface area contributed by atoms with Crippen molar-refractivity contribution in [3.05, 3.63) is 65.1 Å². The van der Waals surface area contributed by atoms with Crippen LogP contribution in [-0.4, -0.2) is 10.5 Å². The summed E-state index contributed by atoms with van der Waals surface area (Å²) < 4.78 is 72.6. The Morgan fingerprint density at radius 1 is 0.917 bits per heavy atom. The fourth-order valence-electron chi connectivity index (χ4n) is 2.34. The summed E-state index contributed by atoms with van der Waals surface area (Å²) in [5.41, 5.74) is 0.315. The van der Waals surface area contributed by atoms with E-state index in [0.717, 1.165) is 0 Å². The van der Waals surface area contributed by atoms with Gasteiger partial charge in [0.1, 0.15) is 0 Å². The van der Waals surface area contributed by atoms with Gasteiger partial charge in [0.15, 0.2) is 0 Å².